The van der Waals surface area contributed by atoms with Gasteiger partial charge in [0.05, 0.1) is 11.7 Å². The van der Waals surface area contributed by atoms with Crippen LogP contribution in [0.15, 0.2) is 18.2 Å². The first kappa shape index (κ1) is 8.26. The second kappa shape index (κ2) is 2.85. The van der Waals surface area contributed by atoms with Gasteiger partial charge in [-0.3, -0.25) is 4.79 Å². The average Bonchev–Trinajstić information content (AvgIpc) is 2.12. The molecule has 13 heavy (non-hydrogen) atoms. The Morgan fingerprint density at radius 1 is 1.38 bits per heavy atom. The summed E-state index contributed by atoms with van der Waals surface area (Å²) in [5, 5.41) is 19.0. The largest absolute Gasteiger partial charge is 0.507 e. The molecule has 0 spiro atoms. The van der Waals surface area contributed by atoms with Crippen LogP contribution in [0.1, 0.15) is 34.9 Å². The number of rotatable bonds is 0. The molecule has 1 aliphatic carbocycles. The number of aliphatic hydroxyl groups is 1. The minimum absolute atomic E-state index is 0.0266. The van der Waals surface area contributed by atoms with E-state index in [-0.39, 0.29) is 11.5 Å². The van der Waals surface area contributed by atoms with Crippen LogP contribution in [0.25, 0.3) is 0 Å². The summed E-state index contributed by atoms with van der Waals surface area (Å²) < 4.78 is 0. The van der Waals surface area contributed by atoms with Gasteiger partial charge in [0.2, 0.25) is 0 Å². The lowest BCUT2D eigenvalue weighted by Crippen LogP contribution is -2.15. The molecule has 0 aliphatic heterocycles. The molecule has 1 aromatic carbocycles. The summed E-state index contributed by atoms with van der Waals surface area (Å²) >= 11 is 0. The van der Waals surface area contributed by atoms with Gasteiger partial charge >= 0.3 is 0 Å². The van der Waals surface area contributed by atoms with Gasteiger partial charge < -0.3 is 10.2 Å². The zero-order valence-corrected chi connectivity index (χ0v) is 7.03. The molecule has 2 rings (SSSR count). The number of aromatic hydroxyl groups is 1. The van der Waals surface area contributed by atoms with Gasteiger partial charge in [0, 0.05) is 6.42 Å². The lowest BCUT2D eigenvalue weighted by Gasteiger charge is -2.20. The Labute approximate surface area is 75.6 Å². The van der Waals surface area contributed by atoms with Crippen LogP contribution >= 0.6 is 0 Å². The van der Waals surface area contributed by atoms with Crippen LogP contribution in [-0.2, 0) is 0 Å². The minimum Gasteiger partial charge on any atom is -0.507 e. The van der Waals surface area contributed by atoms with Gasteiger partial charge in [-0.2, -0.15) is 0 Å². The van der Waals surface area contributed by atoms with E-state index >= 15 is 0 Å². The first-order chi connectivity index (χ1) is 6.20. The van der Waals surface area contributed by atoms with Crippen molar-refractivity contribution in [2.24, 2.45) is 0 Å². The van der Waals surface area contributed by atoms with Crippen LogP contribution in [0.3, 0.4) is 0 Å². The third-order valence-corrected chi connectivity index (χ3v) is 2.36. The van der Waals surface area contributed by atoms with Crippen LogP contribution in [-0.4, -0.2) is 16.0 Å². The highest BCUT2D eigenvalue weighted by atomic mass is 16.3. The van der Waals surface area contributed by atoms with Crippen LogP contribution in [0, 0.1) is 0 Å². The standard InChI is InChI=1S/C10H10O3/c11-7-4-5-9(13)10-6(7)2-1-3-8(10)12/h1-3,7,11-12H,4-5H2/t7-/m1/s1. The Morgan fingerprint density at radius 2 is 2.15 bits per heavy atom. The first-order valence-corrected chi connectivity index (χ1v) is 4.23. The van der Waals surface area contributed by atoms with E-state index in [1.807, 2.05) is 0 Å². The molecule has 1 atom stereocenters. The van der Waals surface area contributed by atoms with Gasteiger partial charge in [0.15, 0.2) is 5.78 Å². The van der Waals surface area contributed by atoms with Gasteiger partial charge in [-0.25, -0.2) is 0 Å². The van der Waals surface area contributed by atoms with Crippen LogP contribution < -0.4 is 0 Å². The molecule has 0 unspecified atom stereocenters. The van der Waals surface area contributed by atoms with Gasteiger partial charge in [-0.15, -0.1) is 0 Å². The van der Waals surface area contributed by atoms with Crippen LogP contribution in [0.5, 0.6) is 5.75 Å². The molecular formula is C10H10O3. The molecule has 0 amide bonds. The van der Waals surface area contributed by atoms with Crippen molar-refractivity contribution in [2.75, 3.05) is 0 Å². The number of phenols is 1. The van der Waals surface area contributed by atoms with E-state index in [1.54, 1.807) is 12.1 Å². The fraction of sp³-hybridized carbons (Fsp3) is 0.300. The smallest absolute Gasteiger partial charge is 0.167 e. The Hall–Kier alpha value is -1.35. The summed E-state index contributed by atoms with van der Waals surface area (Å²) in [6, 6.07) is 4.78. The number of Topliss-reactive ketones (excluding diaryl/α,β-unsaturated/α-hetero) is 1. The molecule has 1 aromatic rings. The summed E-state index contributed by atoms with van der Waals surface area (Å²) in [7, 11) is 0. The molecule has 1 aliphatic rings. The Balaban J connectivity index is 2.63. The number of hydrogen-bond acceptors (Lipinski definition) is 3. The monoisotopic (exact) mass is 178 g/mol. The van der Waals surface area contributed by atoms with Crippen molar-refractivity contribution in [1.82, 2.24) is 0 Å². The number of hydrogen-bond donors (Lipinski definition) is 2. The fourth-order valence-corrected chi connectivity index (χ4v) is 1.69. The summed E-state index contributed by atoms with van der Waals surface area (Å²) in [5.41, 5.74) is 0.845. The number of aliphatic hydroxyl groups excluding tert-OH is 1. The van der Waals surface area contributed by atoms with Crippen molar-refractivity contribution >= 4 is 5.78 Å². The summed E-state index contributed by atoms with van der Waals surface area (Å²) in [4.78, 5) is 11.4. The predicted molar refractivity (Wildman–Crippen MR) is 46.6 cm³/mol. The van der Waals surface area contributed by atoms with E-state index < -0.39 is 6.10 Å². The van der Waals surface area contributed by atoms with E-state index in [9.17, 15) is 15.0 Å². The van der Waals surface area contributed by atoms with E-state index in [4.69, 9.17) is 0 Å². The van der Waals surface area contributed by atoms with Crippen molar-refractivity contribution in [2.45, 2.75) is 18.9 Å². The molecule has 2 N–H and O–H groups in total. The highest BCUT2D eigenvalue weighted by Crippen LogP contribution is 2.34. The zero-order chi connectivity index (χ0) is 9.42. The van der Waals surface area contributed by atoms with Crippen LogP contribution in [0.2, 0.25) is 0 Å². The number of ketones is 1. The lowest BCUT2D eigenvalue weighted by molar-refractivity contribution is 0.0893. The summed E-state index contributed by atoms with van der Waals surface area (Å²) in [5.74, 6) is -0.111. The van der Waals surface area contributed by atoms with Gasteiger partial charge in [-0.05, 0) is 18.1 Å². The molecule has 0 heterocycles. The predicted octanol–water partition coefficient (Wildman–Crippen LogP) is 1.40. The Bertz CT molecular complexity index is 357. The Kier molecular flexibility index (Phi) is 1.81. The van der Waals surface area contributed by atoms with Gasteiger partial charge in [-0.1, -0.05) is 12.1 Å². The fourth-order valence-electron chi connectivity index (χ4n) is 1.69. The van der Waals surface area contributed by atoms with E-state index in [0.717, 1.165) is 0 Å². The number of fused-ring (bicyclic) bond motifs is 1. The number of carbonyl (C=O) groups excluding carboxylic acids is 1. The quantitative estimate of drug-likeness (QED) is 0.631. The van der Waals surface area contributed by atoms with Crippen molar-refractivity contribution in [3.05, 3.63) is 29.3 Å². The topological polar surface area (TPSA) is 57.5 Å². The molecule has 3 heteroatoms. The maximum absolute atomic E-state index is 11.4. The second-order valence-corrected chi connectivity index (χ2v) is 3.22. The molecule has 0 fully saturated rings. The second-order valence-electron chi connectivity index (χ2n) is 3.22. The number of phenolic OH excluding ortho intramolecular Hbond substituents is 1. The molecule has 0 saturated heterocycles. The highest BCUT2D eigenvalue weighted by Gasteiger charge is 2.26. The van der Waals surface area contributed by atoms with Gasteiger partial charge in [0.1, 0.15) is 5.75 Å². The summed E-state index contributed by atoms with van der Waals surface area (Å²) in [6.07, 6.45) is 0.154. The maximum Gasteiger partial charge on any atom is 0.167 e. The van der Waals surface area contributed by atoms with Crippen molar-refractivity contribution in [1.29, 1.82) is 0 Å². The van der Waals surface area contributed by atoms with Gasteiger partial charge in [0.25, 0.3) is 0 Å². The first-order valence-electron chi connectivity index (χ1n) is 4.23. The Morgan fingerprint density at radius 3 is 2.85 bits per heavy atom. The number of carbonyl (C=O) groups is 1. The number of benzene rings is 1. The summed E-state index contributed by atoms with van der Waals surface area (Å²) in [6.45, 7) is 0. The van der Waals surface area contributed by atoms with E-state index in [1.165, 1.54) is 6.07 Å². The molecule has 0 radical (unpaired) electrons. The van der Waals surface area contributed by atoms with Crippen LogP contribution in [0.4, 0.5) is 0 Å². The third-order valence-electron chi connectivity index (χ3n) is 2.36. The maximum atomic E-state index is 11.4. The zero-order valence-electron chi connectivity index (χ0n) is 7.03. The average molecular weight is 178 g/mol. The molecular weight excluding hydrogens is 168 g/mol. The molecule has 0 aromatic heterocycles. The van der Waals surface area contributed by atoms with Crippen molar-refractivity contribution in [3.8, 4) is 5.75 Å². The third kappa shape index (κ3) is 1.21. The molecule has 68 valence electrons. The van der Waals surface area contributed by atoms with E-state index in [2.05, 4.69) is 0 Å². The SMILES string of the molecule is O=C1CC[C@@H](O)c2cccc(O)c21. The minimum atomic E-state index is -0.611. The molecule has 0 saturated carbocycles. The lowest BCUT2D eigenvalue weighted by atomic mass is 9.88. The normalized spacial score (nSPS) is 21.3. The molecule has 0 bridgehead atoms. The van der Waals surface area contributed by atoms with Crippen molar-refractivity contribution < 1.29 is 15.0 Å². The van der Waals surface area contributed by atoms with Crippen molar-refractivity contribution in [3.63, 3.8) is 0 Å². The molecule has 3 nitrogen and oxygen atoms in total. The van der Waals surface area contributed by atoms with E-state index in [0.29, 0.717) is 24.0 Å². The highest BCUT2D eigenvalue weighted by molar-refractivity contribution is 6.01.